The van der Waals surface area contributed by atoms with Gasteiger partial charge in [-0.3, -0.25) is 4.98 Å². The Hall–Kier alpha value is -2.72. The fraction of sp³-hybridized carbons (Fsp3) is 0.0588. The first kappa shape index (κ1) is 13.3. The number of carbonyl (C=O) groups excluding carboxylic acids is 1. The summed E-state index contributed by atoms with van der Waals surface area (Å²) in [5.41, 5.74) is 7.87. The molecule has 0 aliphatic carbocycles. The van der Waals surface area contributed by atoms with Crippen LogP contribution in [0.1, 0.15) is 15.9 Å². The zero-order valence-electron chi connectivity index (χ0n) is 11.3. The molecule has 3 aromatic rings. The molecule has 0 aliphatic heterocycles. The summed E-state index contributed by atoms with van der Waals surface area (Å²) in [6.07, 6.45) is 1.72. The van der Waals surface area contributed by atoms with E-state index in [0.29, 0.717) is 17.9 Å². The monoisotopic (exact) mass is 278 g/mol. The number of hydrogen-bond acceptors (Lipinski definition) is 4. The molecule has 0 amide bonds. The highest BCUT2D eigenvalue weighted by molar-refractivity contribution is 5.95. The summed E-state index contributed by atoms with van der Waals surface area (Å²) in [4.78, 5) is 16.4. The zero-order valence-corrected chi connectivity index (χ0v) is 11.3. The molecule has 1 heterocycles. The minimum Gasteiger partial charge on any atom is -0.423 e. The number of nitrogens with zero attached hydrogens (tertiary/aromatic N) is 1. The Morgan fingerprint density at radius 1 is 1.10 bits per heavy atom. The summed E-state index contributed by atoms with van der Waals surface area (Å²) in [7, 11) is 0. The first-order valence-corrected chi connectivity index (χ1v) is 6.62. The van der Waals surface area contributed by atoms with Crippen molar-refractivity contribution in [3.05, 3.63) is 71.9 Å². The van der Waals surface area contributed by atoms with Gasteiger partial charge in [0.2, 0.25) is 0 Å². The number of rotatable bonds is 3. The smallest absolute Gasteiger partial charge is 0.343 e. The molecule has 4 nitrogen and oxygen atoms in total. The first-order chi connectivity index (χ1) is 10.3. The van der Waals surface area contributed by atoms with Gasteiger partial charge in [0.15, 0.2) is 0 Å². The number of hydrogen-bond donors (Lipinski definition) is 1. The highest BCUT2D eigenvalue weighted by Crippen LogP contribution is 2.17. The number of aromatic nitrogens is 1. The van der Waals surface area contributed by atoms with Crippen LogP contribution < -0.4 is 10.5 Å². The normalized spacial score (nSPS) is 10.5. The minimum absolute atomic E-state index is 0.388. The predicted octanol–water partition coefficient (Wildman–Crippen LogP) is 2.91. The summed E-state index contributed by atoms with van der Waals surface area (Å²) < 4.78 is 5.35. The van der Waals surface area contributed by atoms with Crippen LogP contribution in [-0.4, -0.2) is 11.0 Å². The van der Waals surface area contributed by atoms with Crippen molar-refractivity contribution in [1.82, 2.24) is 4.98 Å². The van der Waals surface area contributed by atoms with Gasteiger partial charge in [0.25, 0.3) is 0 Å². The molecule has 0 aliphatic rings. The second kappa shape index (κ2) is 5.73. The van der Waals surface area contributed by atoms with E-state index in [-0.39, 0.29) is 5.97 Å². The Morgan fingerprint density at radius 2 is 1.90 bits per heavy atom. The molecule has 4 heteroatoms. The molecular formula is C17H14N2O2. The molecule has 0 atom stereocenters. The minimum atomic E-state index is -0.388. The van der Waals surface area contributed by atoms with Crippen molar-refractivity contribution in [2.75, 3.05) is 0 Å². The van der Waals surface area contributed by atoms with Gasteiger partial charge >= 0.3 is 5.97 Å². The summed E-state index contributed by atoms with van der Waals surface area (Å²) in [5.74, 6) is 0.115. The van der Waals surface area contributed by atoms with Crippen molar-refractivity contribution in [2.45, 2.75) is 6.54 Å². The number of benzene rings is 2. The fourth-order valence-corrected chi connectivity index (χ4v) is 2.06. The second-order valence-electron chi connectivity index (χ2n) is 4.65. The molecule has 0 radical (unpaired) electrons. The fourth-order valence-electron chi connectivity index (χ4n) is 2.06. The Balaban J connectivity index is 1.82. The van der Waals surface area contributed by atoms with Crippen LogP contribution in [0.3, 0.4) is 0 Å². The molecule has 2 aromatic carbocycles. The van der Waals surface area contributed by atoms with Crippen LogP contribution in [-0.2, 0) is 6.54 Å². The maximum Gasteiger partial charge on any atom is 0.343 e. The maximum absolute atomic E-state index is 12.1. The molecule has 3 rings (SSSR count). The summed E-state index contributed by atoms with van der Waals surface area (Å²) in [5, 5.41) is 0.908. The first-order valence-electron chi connectivity index (χ1n) is 6.62. The van der Waals surface area contributed by atoms with Crippen LogP contribution in [0, 0.1) is 0 Å². The molecule has 1 aromatic heterocycles. The van der Waals surface area contributed by atoms with Crippen LogP contribution >= 0.6 is 0 Å². The number of nitrogens with two attached hydrogens (primary N) is 1. The molecular weight excluding hydrogens is 264 g/mol. The van der Waals surface area contributed by atoms with E-state index in [1.165, 1.54) is 0 Å². The highest BCUT2D eigenvalue weighted by Gasteiger charge is 2.09. The van der Waals surface area contributed by atoms with Crippen molar-refractivity contribution in [3.8, 4) is 5.75 Å². The molecule has 0 unspecified atom stereocenters. The van der Waals surface area contributed by atoms with E-state index in [0.717, 1.165) is 16.5 Å². The maximum atomic E-state index is 12.1. The van der Waals surface area contributed by atoms with Crippen LogP contribution in [0.4, 0.5) is 0 Å². The third-order valence-corrected chi connectivity index (χ3v) is 3.21. The van der Waals surface area contributed by atoms with E-state index in [2.05, 4.69) is 4.98 Å². The van der Waals surface area contributed by atoms with E-state index in [1.54, 1.807) is 30.5 Å². The van der Waals surface area contributed by atoms with Gasteiger partial charge < -0.3 is 10.5 Å². The van der Waals surface area contributed by atoms with Crippen molar-refractivity contribution in [1.29, 1.82) is 0 Å². The van der Waals surface area contributed by atoms with E-state index < -0.39 is 0 Å². The summed E-state index contributed by atoms with van der Waals surface area (Å²) in [6, 6.07) is 16.2. The van der Waals surface area contributed by atoms with Gasteiger partial charge in [0.05, 0.1) is 11.1 Å². The number of pyridine rings is 1. The van der Waals surface area contributed by atoms with Crippen LogP contribution in [0.15, 0.2) is 60.8 Å². The molecule has 0 saturated carbocycles. The van der Waals surface area contributed by atoms with E-state index >= 15 is 0 Å². The lowest BCUT2D eigenvalue weighted by Crippen LogP contribution is -2.08. The molecule has 0 bridgehead atoms. The lowest BCUT2D eigenvalue weighted by atomic mass is 10.1. The average Bonchev–Trinajstić information content (AvgIpc) is 2.55. The predicted molar refractivity (Wildman–Crippen MR) is 81.0 cm³/mol. The lowest BCUT2D eigenvalue weighted by Gasteiger charge is -2.06. The van der Waals surface area contributed by atoms with E-state index in [1.807, 2.05) is 30.3 Å². The van der Waals surface area contributed by atoms with Crippen LogP contribution in [0.25, 0.3) is 10.9 Å². The number of ether oxygens (including phenoxy) is 1. The average molecular weight is 278 g/mol. The van der Waals surface area contributed by atoms with Gasteiger partial charge in [0.1, 0.15) is 5.75 Å². The van der Waals surface area contributed by atoms with Crippen LogP contribution in [0.5, 0.6) is 5.75 Å². The molecule has 0 spiro atoms. The standard InChI is InChI=1S/C17H14N2O2/c18-11-12-3-6-15(7-4-12)21-17(20)14-5-8-16-13(10-14)2-1-9-19-16/h1-10H,11,18H2. The highest BCUT2D eigenvalue weighted by atomic mass is 16.5. The largest absolute Gasteiger partial charge is 0.423 e. The SMILES string of the molecule is NCc1ccc(OC(=O)c2ccc3ncccc3c2)cc1. The zero-order chi connectivity index (χ0) is 14.7. The summed E-state index contributed by atoms with van der Waals surface area (Å²) in [6.45, 7) is 0.464. The Bertz CT molecular complexity index is 782. The molecule has 21 heavy (non-hydrogen) atoms. The second-order valence-corrected chi connectivity index (χ2v) is 4.65. The molecule has 0 fully saturated rings. The van der Waals surface area contributed by atoms with Gasteiger partial charge in [0, 0.05) is 18.1 Å². The van der Waals surface area contributed by atoms with Gasteiger partial charge in [-0.05, 0) is 42.0 Å². The Labute approximate surface area is 122 Å². The van der Waals surface area contributed by atoms with E-state index in [9.17, 15) is 4.79 Å². The third kappa shape index (κ3) is 2.90. The van der Waals surface area contributed by atoms with Gasteiger partial charge in [-0.15, -0.1) is 0 Å². The molecule has 0 saturated heterocycles. The van der Waals surface area contributed by atoms with Crippen molar-refractivity contribution in [3.63, 3.8) is 0 Å². The van der Waals surface area contributed by atoms with Crippen molar-refractivity contribution < 1.29 is 9.53 Å². The van der Waals surface area contributed by atoms with Gasteiger partial charge in [-0.2, -0.15) is 0 Å². The number of esters is 1. The van der Waals surface area contributed by atoms with Crippen molar-refractivity contribution >= 4 is 16.9 Å². The van der Waals surface area contributed by atoms with Gasteiger partial charge in [-0.1, -0.05) is 18.2 Å². The number of fused-ring (bicyclic) bond motifs is 1. The quantitative estimate of drug-likeness (QED) is 0.591. The molecule has 2 N–H and O–H groups in total. The van der Waals surface area contributed by atoms with Gasteiger partial charge in [-0.25, -0.2) is 4.79 Å². The summed E-state index contributed by atoms with van der Waals surface area (Å²) >= 11 is 0. The van der Waals surface area contributed by atoms with Crippen molar-refractivity contribution in [2.24, 2.45) is 5.73 Å². The Kier molecular flexibility index (Phi) is 3.62. The molecule has 104 valence electrons. The topological polar surface area (TPSA) is 65.2 Å². The Morgan fingerprint density at radius 3 is 2.67 bits per heavy atom. The van der Waals surface area contributed by atoms with Crippen LogP contribution in [0.2, 0.25) is 0 Å². The number of carbonyl (C=O) groups is 1. The third-order valence-electron chi connectivity index (χ3n) is 3.21. The van der Waals surface area contributed by atoms with E-state index in [4.69, 9.17) is 10.5 Å². The lowest BCUT2D eigenvalue weighted by molar-refractivity contribution is 0.0735.